The van der Waals surface area contributed by atoms with Gasteiger partial charge >= 0.3 is 5.97 Å². The third-order valence-corrected chi connectivity index (χ3v) is 4.60. The maximum absolute atomic E-state index is 13.2. The molecular formula is C16H14ClN5O3. The Hall–Kier alpha value is -2.87. The smallest absolute Gasteiger partial charge is 0.332 e. The van der Waals surface area contributed by atoms with Gasteiger partial charge in [0.15, 0.2) is 6.04 Å². The van der Waals surface area contributed by atoms with Crippen LogP contribution in [0.25, 0.3) is 5.65 Å². The molecule has 4 heterocycles. The minimum atomic E-state index is -1.13. The molecule has 128 valence electrons. The van der Waals surface area contributed by atoms with Crippen LogP contribution >= 0.6 is 11.6 Å². The summed E-state index contributed by atoms with van der Waals surface area (Å²) in [6.45, 7) is 1.99. The standard InChI is InChI=1S/C16H14ClN5O3/c1-8-13(22-6-9(17)2-3-11(22)20-8)15(23)21-5-4-10-12(19-7-18-10)14(21)16(24)25/h2-3,6-7,14H,4-5H2,1H3,(H,18,19)(H,24,25)/t14-/m1/s1. The van der Waals surface area contributed by atoms with Crippen molar-refractivity contribution in [2.45, 2.75) is 19.4 Å². The molecule has 0 aromatic carbocycles. The molecule has 3 aromatic rings. The number of aromatic amines is 1. The number of aliphatic carboxylic acids is 1. The SMILES string of the molecule is Cc1nc2ccc(Cl)cn2c1C(=O)N1CCc2[nH]cnc2[C@@H]1C(=O)O. The molecule has 0 spiro atoms. The molecule has 1 amide bonds. The Morgan fingerprint density at radius 3 is 2.96 bits per heavy atom. The first-order valence-corrected chi connectivity index (χ1v) is 8.05. The van der Waals surface area contributed by atoms with Crippen LogP contribution in [0.15, 0.2) is 24.7 Å². The molecule has 0 radical (unpaired) electrons. The average molecular weight is 360 g/mol. The number of carboxylic acids is 1. The molecule has 1 aliphatic rings. The summed E-state index contributed by atoms with van der Waals surface area (Å²) in [7, 11) is 0. The van der Waals surface area contributed by atoms with Crippen LogP contribution in [0, 0.1) is 6.92 Å². The topological polar surface area (TPSA) is 104 Å². The number of nitrogens with one attached hydrogen (secondary N) is 1. The summed E-state index contributed by atoms with van der Waals surface area (Å²) in [5.74, 6) is -1.53. The van der Waals surface area contributed by atoms with Gasteiger partial charge in [-0.1, -0.05) is 11.6 Å². The van der Waals surface area contributed by atoms with Gasteiger partial charge in [0.2, 0.25) is 0 Å². The minimum absolute atomic E-state index is 0.276. The first-order chi connectivity index (χ1) is 12.0. The number of halogens is 1. The van der Waals surface area contributed by atoms with Crippen molar-refractivity contribution in [2.24, 2.45) is 0 Å². The Morgan fingerprint density at radius 1 is 1.40 bits per heavy atom. The highest BCUT2D eigenvalue weighted by Crippen LogP contribution is 2.30. The summed E-state index contributed by atoms with van der Waals surface area (Å²) in [5.41, 5.74) is 2.52. The molecule has 0 saturated carbocycles. The van der Waals surface area contributed by atoms with Gasteiger partial charge in [-0.2, -0.15) is 0 Å². The lowest BCUT2D eigenvalue weighted by atomic mass is 10.0. The predicted octanol–water partition coefficient (Wildman–Crippen LogP) is 1.84. The Balaban J connectivity index is 1.82. The molecule has 4 rings (SSSR count). The van der Waals surface area contributed by atoms with E-state index in [1.54, 1.807) is 29.7 Å². The number of pyridine rings is 1. The van der Waals surface area contributed by atoms with Crippen LogP contribution in [0.1, 0.15) is 33.6 Å². The van der Waals surface area contributed by atoms with Gasteiger partial charge in [0.25, 0.3) is 5.91 Å². The number of carbonyl (C=O) groups excluding carboxylic acids is 1. The maximum Gasteiger partial charge on any atom is 0.332 e. The largest absolute Gasteiger partial charge is 0.479 e. The number of aromatic nitrogens is 4. The summed E-state index contributed by atoms with van der Waals surface area (Å²) in [6, 6.07) is 2.27. The third kappa shape index (κ3) is 2.37. The van der Waals surface area contributed by atoms with Crippen LogP contribution in [0.5, 0.6) is 0 Å². The molecule has 0 unspecified atom stereocenters. The monoisotopic (exact) mass is 359 g/mol. The van der Waals surface area contributed by atoms with Crippen molar-refractivity contribution in [3.8, 4) is 0 Å². The molecule has 8 nitrogen and oxygen atoms in total. The fourth-order valence-corrected chi connectivity index (χ4v) is 3.44. The Kier molecular flexibility index (Phi) is 3.50. The van der Waals surface area contributed by atoms with Gasteiger partial charge in [0.05, 0.1) is 22.7 Å². The van der Waals surface area contributed by atoms with Gasteiger partial charge in [-0.25, -0.2) is 14.8 Å². The molecule has 3 aromatic heterocycles. The highest BCUT2D eigenvalue weighted by molar-refractivity contribution is 6.30. The molecule has 0 bridgehead atoms. The molecule has 1 aliphatic heterocycles. The van der Waals surface area contributed by atoms with E-state index in [2.05, 4.69) is 15.0 Å². The molecule has 2 N–H and O–H groups in total. The van der Waals surface area contributed by atoms with E-state index in [0.717, 1.165) is 5.69 Å². The number of fused-ring (bicyclic) bond motifs is 2. The summed E-state index contributed by atoms with van der Waals surface area (Å²) < 4.78 is 1.60. The van der Waals surface area contributed by atoms with E-state index in [1.165, 1.54) is 11.2 Å². The van der Waals surface area contributed by atoms with Crippen LogP contribution < -0.4 is 0 Å². The lowest BCUT2D eigenvalue weighted by Crippen LogP contribution is -2.44. The molecule has 0 aliphatic carbocycles. The Labute approximate surface area is 147 Å². The maximum atomic E-state index is 13.2. The molecule has 9 heteroatoms. The van der Waals surface area contributed by atoms with E-state index in [1.807, 2.05) is 0 Å². The molecule has 0 saturated heterocycles. The van der Waals surface area contributed by atoms with Crippen LogP contribution in [0.2, 0.25) is 5.02 Å². The zero-order valence-electron chi connectivity index (χ0n) is 13.2. The van der Waals surface area contributed by atoms with Gasteiger partial charge in [-0.05, 0) is 19.1 Å². The highest BCUT2D eigenvalue weighted by Gasteiger charge is 2.39. The zero-order chi connectivity index (χ0) is 17.7. The number of amides is 1. The first-order valence-electron chi connectivity index (χ1n) is 7.67. The lowest BCUT2D eigenvalue weighted by molar-refractivity contribution is -0.143. The average Bonchev–Trinajstić information content (AvgIpc) is 3.16. The van der Waals surface area contributed by atoms with Crippen molar-refractivity contribution in [3.05, 3.63) is 52.5 Å². The normalized spacial score (nSPS) is 16.9. The lowest BCUT2D eigenvalue weighted by Gasteiger charge is -2.32. The Bertz CT molecular complexity index is 1010. The highest BCUT2D eigenvalue weighted by atomic mass is 35.5. The number of hydrogen-bond donors (Lipinski definition) is 2. The van der Waals surface area contributed by atoms with Crippen LogP contribution in [0.3, 0.4) is 0 Å². The second kappa shape index (κ2) is 5.59. The van der Waals surface area contributed by atoms with Gasteiger partial charge in [-0.15, -0.1) is 0 Å². The van der Waals surface area contributed by atoms with E-state index in [4.69, 9.17) is 11.6 Å². The second-order valence-electron chi connectivity index (χ2n) is 5.88. The minimum Gasteiger partial charge on any atom is -0.479 e. The van der Waals surface area contributed by atoms with E-state index < -0.39 is 17.9 Å². The predicted molar refractivity (Wildman–Crippen MR) is 88.6 cm³/mol. The number of carbonyl (C=O) groups is 2. The zero-order valence-corrected chi connectivity index (χ0v) is 14.0. The van der Waals surface area contributed by atoms with E-state index in [9.17, 15) is 14.7 Å². The molecule has 0 fully saturated rings. The number of H-pyrrole nitrogens is 1. The number of rotatable bonds is 2. The van der Waals surface area contributed by atoms with Crippen LogP contribution in [-0.4, -0.2) is 47.8 Å². The van der Waals surface area contributed by atoms with Gasteiger partial charge in [0.1, 0.15) is 11.3 Å². The Morgan fingerprint density at radius 2 is 2.20 bits per heavy atom. The molecular weight excluding hydrogens is 346 g/mol. The first kappa shape index (κ1) is 15.6. The third-order valence-electron chi connectivity index (χ3n) is 4.38. The van der Waals surface area contributed by atoms with Crippen molar-refractivity contribution in [1.29, 1.82) is 0 Å². The van der Waals surface area contributed by atoms with Crippen LogP contribution in [-0.2, 0) is 11.2 Å². The van der Waals surface area contributed by atoms with Gasteiger partial charge < -0.3 is 15.0 Å². The fourth-order valence-electron chi connectivity index (χ4n) is 3.28. The van der Waals surface area contributed by atoms with Crippen molar-refractivity contribution in [1.82, 2.24) is 24.3 Å². The number of hydrogen-bond acceptors (Lipinski definition) is 4. The summed E-state index contributed by atoms with van der Waals surface area (Å²) in [6.07, 6.45) is 3.57. The second-order valence-corrected chi connectivity index (χ2v) is 6.31. The van der Waals surface area contributed by atoms with Gasteiger partial charge in [-0.3, -0.25) is 9.20 Å². The summed E-state index contributed by atoms with van der Waals surface area (Å²) in [5, 5.41) is 10.1. The molecule has 1 atom stereocenters. The van der Waals surface area contributed by atoms with E-state index in [0.29, 0.717) is 34.2 Å². The van der Waals surface area contributed by atoms with Crippen molar-refractivity contribution < 1.29 is 14.7 Å². The van der Waals surface area contributed by atoms with Crippen molar-refractivity contribution in [2.75, 3.05) is 6.54 Å². The number of aryl methyl sites for hydroxylation is 1. The van der Waals surface area contributed by atoms with Crippen LogP contribution in [0.4, 0.5) is 0 Å². The molecule has 25 heavy (non-hydrogen) atoms. The van der Waals surface area contributed by atoms with Gasteiger partial charge in [0, 0.05) is 24.9 Å². The van der Waals surface area contributed by atoms with E-state index in [-0.39, 0.29) is 6.54 Å². The fraction of sp³-hybridized carbons (Fsp3) is 0.250. The number of carboxylic acid groups (broad SMARTS) is 1. The number of imidazole rings is 2. The summed E-state index contributed by atoms with van der Waals surface area (Å²) >= 11 is 6.04. The van der Waals surface area contributed by atoms with E-state index >= 15 is 0 Å². The van der Waals surface area contributed by atoms with Crippen molar-refractivity contribution in [3.63, 3.8) is 0 Å². The quantitative estimate of drug-likeness (QED) is 0.726. The number of nitrogens with zero attached hydrogens (tertiary/aromatic N) is 4. The van der Waals surface area contributed by atoms with Crippen molar-refractivity contribution >= 4 is 29.1 Å². The summed E-state index contributed by atoms with van der Waals surface area (Å²) in [4.78, 5) is 37.7.